The molecule has 2 aromatic rings. The summed E-state index contributed by atoms with van der Waals surface area (Å²) in [5.41, 5.74) is 3.28. The fraction of sp³-hybridized carbons (Fsp3) is 0.0667. The Balaban J connectivity index is 2.24. The van der Waals surface area contributed by atoms with Crippen LogP contribution in [0.1, 0.15) is 16.7 Å². The molecule has 78 valence electrons. The van der Waals surface area contributed by atoms with Gasteiger partial charge in [0.25, 0.3) is 0 Å². The van der Waals surface area contributed by atoms with Gasteiger partial charge in [-0.05, 0) is 29.8 Å². The molecule has 0 aliphatic rings. The Hall–Kier alpha value is -1.65. The van der Waals surface area contributed by atoms with Crippen LogP contribution in [0.5, 0.6) is 0 Å². The summed E-state index contributed by atoms with van der Waals surface area (Å²) in [5.74, 6) is 7.04. The number of hydrogen-bond acceptors (Lipinski definition) is 1. The predicted octanol–water partition coefficient (Wildman–Crippen LogP) is 3.52. The van der Waals surface area contributed by atoms with Crippen LogP contribution in [0.3, 0.4) is 0 Å². The van der Waals surface area contributed by atoms with E-state index >= 15 is 0 Å². The molecule has 0 fully saturated rings. The van der Waals surface area contributed by atoms with E-state index in [-0.39, 0.29) is 0 Å². The van der Waals surface area contributed by atoms with Crippen molar-refractivity contribution in [2.75, 3.05) is 0 Å². The Morgan fingerprint density at radius 1 is 0.812 bits per heavy atom. The van der Waals surface area contributed by atoms with Crippen LogP contribution in [0.25, 0.3) is 0 Å². The molecule has 2 rings (SSSR count). The Bertz CT molecular complexity index is 518. The summed E-state index contributed by atoms with van der Waals surface area (Å²) in [6, 6.07) is 18.2. The van der Waals surface area contributed by atoms with Gasteiger partial charge in [0.2, 0.25) is 0 Å². The number of thiol groups is 1. The Morgan fingerprint density at radius 3 is 2.25 bits per heavy atom. The first-order valence-electron chi connectivity index (χ1n) is 5.15. The molecule has 0 heterocycles. The van der Waals surface area contributed by atoms with Crippen molar-refractivity contribution in [1.29, 1.82) is 0 Å². The van der Waals surface area contributed by atoms with Crippen LogP contribution >= 0.6 is 12.6 Å². The average Bonchev–Trinajstić information content (AvgIpc) is 2.38. The van der Waals surface area contributed by atoms with E-state index in [1.807, 2.05) is 42.5 Å². The molecule has 0 spiro atoms. The largest absolute Gasteiger partial charge is 0.175 e. The molecule has 1 heteroatoms. The summed E-state index contributed by atoms with van der Waals surface area (Å²) in [4.78, 5) is 0. The van der Waals surface area contributed by atoms with E-state index in [0.29, 0.717) is 0 Å². The minimum atomic E-state index is 0.751. The summed E-state index contributed by atoms with van der Waals surface area (Å²) >= 11 is 4.25. The van der Waals surface area contributed by atoms with Gasteiger partial charge >= 0.3 is 0 Å². The summed E-state index contributed by atoms with van der Waals surface area (Å²) in [6.45, 7) is 0. The third-order valence-corrected chi connectivity index (χ3v) is 2.60. The zero-order valence-corrected chi connectivity index (χ0v) is 9.74. The van der Waals surface area contributed by atoms with Crippen LogP contribution in [0.2, 0.25) is 0 Å². The van der Waals surface area contributed by atoms with Crippen molar-refractivity contribution in [3.8, 4) is 11.8 Å². The minimum absolute atomic E-state index is 0.751. The molecule has 0 radical (unpaired) electrons. The molecule has 0 saturated carbocycles. The third-order valence-electron chi connectivity index (χ3n) is 2.23. The van der Waals surface area contributed by atoms with Crippen LogP contribution in [0.15, 0.2) is 54.6 Å². The lowest BCUT2D eigenvalue weighted by Crippen LogP contribution is -1.80. The van der Waals surface area contributed by atoms with Gasteiger partial charge in [0.05, 0.1) is 0 Å². The SMILES string of the molecule is SCc1cccc(C#Cc2ccccc2)c1. The van der Waals surface area contributed by atoms with Crippen LogP contribution in [0, 0.1) is 11.8 Å². The van der Waals surface area contributed by atoms with E-state index in [9.17, 15) is 0 Å². The van der Waals surface area contributed by atoms with Crippen LogP contribution in [-0.2, 0) is 5.75 Å². The van der Waals surface area contributed by atoms with Crippen molar-refractivity contribution in [1.82, 2.24) is 0 Å². The second-order valence-corrected chi connectivity index (χ2v) is 3.79. The van der Waals surface area contributed by atoms with Crippen molar-refractivity contribution in [2.24, 2.45) is 0 Å². The first-order chi connectivity index (χ1) is 7.88. The maximum absolute atomic E-state index is 4.25. The molecule has 0 saturated heterocycles. The highest BCUT2D eigenvalue weighted by molar-refractivity contribution is 7.79. The average molecular weight is 224 g/mol. The zero-order valence-electron chi connectivity index (χ0n) is 8.85. The smallest absolute Gasteiger partial charge is 0.0252 e. The topological polar surface area (TPSA) is 0 Å². The molecule has 0 unspecified atom stereocenters. The Morgan fingerprint density at radius 2 is 1.50 bits per heavy atom. The first-order valence-corrected chi connectivity index (χ1v) is 5.78. The first kappa shape index (κ1) is 10.9. The molecule has 0 aliphatic heterocycles. The van der Waals surface area contributed by atoms with Gasteiger partial charge in [0.1, 0.15) is 0 Å². The summed E-state index contributed by atoms with van der Waals surface area (Å²) in [5, 5.41) is 0. The van der Waals surface area contributed by atoms with E-state index in [1.165, 1.54) is 5.56 Å². The van der Waals surface area contributed by atoms with Crippen molar-refractivity contribution in [3.63, 3.8) is 0 Å². The van der Waals surface area contributed by atoms with E-state index in [0.717, 1.165) is 16.9 Å². The standard InChI is InChI=1S/C15H12S/c16-12-15-8-4-7-14(11-15)10-9-13-5-2-1-3-6-13/h1-8,11,16H,12H2. The summed E-state index contributed by atoms with van der Waals surface area (Å²) < 4.78 is 0. The van der Waals surface area contributed by atoms with Gasteiger partial charge in [-0.2, -0.15) is 12.6 Å². The van der Waals surface area contributed by atoms with E-state index in [1.54, 1.807) is 0 Å². The maximum atomic E-state index is 4.25. The van der Waals surface area contributed by atoms with Gasteiger partial charge in [0.15, 0.2) is 0 Å². The second-order valence-electron chi connectivity index (χ2n) is 3.47. The zero-order chi connectivity index (χ0) is 11.2. The molecular formula is C15H12S. The van der Waals surface area contributed by atoms with Gasteiger partial charge in [0, 0.05) is 16.9 Å². The van der Waals surface area contributed by atoms with Crippen molar-refractivity contribution in [3.05, 3.63) is 71.3 Å². The highest BCUT2D eigenvalue weighted by Crippen LogP contribution is 2.06. The lowest BCUT2D eigenvalue weighted by molar-refractivity contribution is 1.41. The molecule has 0 N–H and O–H groups in total. The molecule has 0 nitrogen and oxygen atoms in total. The van der Waals surface area contributed by atoms with E-state index in [2.05, 4.69) is 36.6 Å². The molecule has 0 aliphatic carbocycles. The number of rotatable bonds is 1. The van der Waals surface area contributed by atoms with E-state index < -0.39 is 0 Å². The molecule has 0 amide bonds. The molecule has 2 aromatic carbocycles. The number of hydrogen-bond donors (Lipinski definition) is 1. The Kier molecular flexibility index (Phi) is 3.69. The lowest BCUT2D eigenvalue weighted by Gasteiger charge is -1.95. The van der Waals surface area contributed by atoms with Gasteiger partial charge in [-0.15, -0.1) is 0 Å². The highest BCUT2D eigenvalue weighted by Gasteiger charge is 1.90. The van der Waals surface area contributed by atoms with Crippen molar-refractivity contribution < 1.29 is 0 Å². The predicted molar refractivity (Wildman–Crippen MR) is 71.6 cm³/mol. The molecule has 0 aromatic heterocycles. The Labute approximate surface area is 102 Å². The monoisotopic (exact) mass is 224 g/mol. The quantitative estimate of drug-likeness (QED) is 0.556. The van der Waals surface area contributed by atoms with Gasteiger partial charge in [-0.3, -0.25) is 0 Å². The van der Waals surface area contributed by atoms with Gasteiger partial charge < -0.3 is 0 Å². The molecule has 0 atom stereocenters. The van der Waals surface area contributed by atoms with Crippen molar-refractivity contribution in [2.45, 2.75) is 5.75 Å². The lowest BCUT2D eigenvalue weighted by atomic mass is 10.1. The van der Waals surface area contributed by atoms with Crippen LogP contribution < -0.4 is 0 Å². The highest BCUT2D eigenvalue weighted by atomic mass is 32.1. The van der Waals surface area contributed by atoms with E-state index in [4.69, 9.17) is 0 Å². The normalized spacial score (nSPS) is 9.31. The fourth-order valence-corrected chi connectivity index (χ4v) is 1.61. The molecule has 16 heavy (non-hydrogen) atoms. The third kappa shape index (κ3) is 2.92. The summed E-state index contributed by atoms with van der Waals surface area (Å²) in [6.07, 6.45) is 0. The summed E-state index contributed by atoms with van der Waals surface area (Å²) in [7, 11) is 0. The van der Waals surface area contributed by atoms with Gasteiger partial charge in [-0.1, -0.05) is 42.2 Å². The maximum Gasteiger partial charge on any atom is 0.0252 e. The molecular weight excluding hydrogens is 212 g/mol. The van der Waals surface area contributed by atoms with Gasteiger partial charge in [-0.25, -0.2) is 0 Å². The minimum Gasteiger partial charge on any atom is -0.175 e. The molecule has 0 bridgehead atoms. The van der Waals surface area contributed by atoms with Crippen molar-refractivity contribution >= 4 is 12.6 Å². The van der Waals surface area contributed by atoms with Crippen LogP contribution in [-0.4, -0.2) is 0 Å². The van der Waals surface area contributed by atoms with Crippen LogP contribution in [0.4, 0.5) is 0 Å². The second kappa shape index (κ2) is 5.44. The fourth-order valence-electron chi connectivity index (χ4n) is 1.41. The number of benzene rings is 2.